The largest absolute Gasteiger partial charge is 0.492 e. The second-order valence-electron chi connectivity index (χ2n) is 6.25. The van der Waals surface area contributed by atoms with Crippen LogP contribution >= 0.6 is 0 Å². The van der Waals surface area contributed by atoms with E-state index >= 15 is 0 Å². The van der Waals surface area contributed by atoms with E-state index in [1.54, 1.807) is 12.4 Å². The fourth-order valence-corrected chi connectivity index (χ4v) is 3.18. The molecule has 8 nitrogen and oxygen atoms in total. The highest BCUT2D eigenvalue weighted by Crippen LogP contribution is 2.36. The highest BCUT2D eigenvalue weighted by atomic mass is 16.5. The van der Waals surface area contributed by atoms with Crippen LogP contribution in [0.3, 0.4) is 0 Å². The fourth-order valence-electron chi connectivity index (χ4n) is 3.18. The van der Waals surface area contributed by atoms with Gasteiger partial charge in [-0.1, -0.05) is 6.92 Å². The van der Waals surface area contributed by atoms with Crippen molar-refractivity contribution in [3.8, 4) is 11.8 Å². The molecular formula is C20H19N7O. The average Bonchev–Trinajstić information content (AvgIpc) is 3.16. The zero-order valence-corrected chi connectivity index (χ0v) is 15.6. The first-order valence-corrected chi connectivity index (χ1v) is 9.00. The molecule has 3 heterocycles. The van der Waals surface area contributed by atoms with Crippen LogP contribution in [0.1, 0.15) is 25.1 Å². The van der Waals surface area contributed by atoms with Crippen LogP contribution < -0.4 is 15.8 Å². The second kappa shape index (κ2) is 7.04. The number of benzene rings is 1. The van der Waals surface area contributed by atoms with Crippen LogP contribution in [0.2, 0.25) is 0 Å². The number of pyridine rings is 2. The maximum Gasteiger partial charge on any atom is 0.162 e. The first-order chi connectivity index (χ1) is 13.6. The number of nitriles is 1. The van der Waals surface area contributed by atoms with Crippen LogP contribution in [0.4, 0.5) is 17.1 Å². The summed E-state index contributed by atoms with van der Waals surface area (Å²) in [5, 5.41) is 21.9. The molecule has 4 rings (SSSR count). The molecule has 0 atom stereocenters. The van der Waals surface area contributed by atoms with E-state index in [0.29, 0.717) is 47.1 Å². The van der Waals surface area contributed by atoms with Crippen molar-refractivity contribution in [2.24, 2.45) is 0 Å². The monoisotopic (exact) mass is 373 g/mol. The van der Waals surface area contributed by atoms with Crippen LogP contribution in [-0.4, -0.2) is 26.2 Å². The third kappa shape index (κ3) is 2.93. The molecule has 0 aliphatic heterocycles. The summed E-state index contributed by atoms with van der Waals surface area (Å²) >= 11 is 0. The van der Waals surface area contributed by atoms with Gasteiger partial charge in [-0.25, -0.2) is 0 Å². The molecule has 0 saturated carbocycles. The number of aromatic nitrogens is 4. The summed E-state index contributed by atoms with van der Waals surface area (Å²) in [6.45, 7) is 4.39. The fraction of sp³-hybridized carbons (Fsp3) is 0.200. The third-order valence-electron chi connectivity index (χ3n) is 4.51. The van der Waals surface area contributed by atoms with Crippen LogP contribution in [0, 0.1) is 11.3 Å². The smallest absolute Gasteiger partial charge is 0.162 e. The Labute approximate surface area is 161 Å². The molecule has 0 fully saturated rings. The Morgan fingerprint density at radius 2 is 2.14 bits per heavy atom. The van der Waals surface area contributed by atoms with Gasteiger partial charge in [0, 0.05) is 29.4 Å². The van der Waals surface area contributed by atoms with E-state index in [-0.39, 0.29) is 0 Å². The Bertz CT molecular complexity index is 1220. The van der Waals surface area contributed by atoms with E-state index in [0.717, 1.165) is 16.6 Å². The number of ether oxygens (including phenoxy) is 1. The molecule has 3 aromatic heterocycles. The van der Waals surface area contributed by atoms with Gasteiger partial charge < -0.3 is 15.8 Å². The zero-order valence-electron chi connectivity index (χ0n) is 15.6. The molecule has 0 radical (unpaired) electrons. The molecule has 3 N–H and O–H groups in total. The van der Waals surface area contributed by atoms with Crippen molar-refractivity contribution in [2.45, 2.75) is 20.3 Å². The van der Waals surface area contributed by atoms with Gasteiger partial charge in [-0.2, -0.15) is 5.26 Å². The van der Waals surface area contributed by atoms with E-state index < -0.39 is 0 Å². The summed E-state index contributed by atoms with van der Waals surface area (Å²) in [5.74, 6) is 0.588. The molecule has 140 valence electrons. The molecule has 0 spiro atoms. The predicted molar refractivity (Wildman–Crippen MR) is 108 cm³/mol. The second-order valence-corrected chi connectivity index (χ2v) is 6.25. The van der Waals surface area contributed by atoms with Crippen LogP contribution in [0.25, 0.3) is 16.6 Å². The number of nitrogens with zero attached hydrogens (tertiary/aromatic N) is 5. The topological polar surface area (TPSA) is 114 Å². The SMILES string of the molecule is CCOc1cc2nc(CC)c(C#N)c(Nc3ccn4cnnc4c3)c2cc1N. The van der Waals surface area contributed by atoms with Crippen molar-refractivity contribution >= 4 is 33.6 Å². The highest BCUT2D eigenvalue weighted by molar-refractivity contribution is 5.99. The highest BCUT2D eigenvalue weighted by Gasteiger charge is 2.17. The van der Waals surface area contributed by atoms with Gasteiger partial charge in [-0.3, -0.25) is 9.38 Å². The summed E-state index contributed by atoms with van der Waals surface area (Å²) < 4.78 is 7.41. The molecule has 28 heavy (non-hydrogen) atoms. The van der Waals surface area contributed by atoms with E-state index in [9.17, 15) is 5.26 Å². The number of nitrogens with one attached hydrogen (secondary N) is 1. The van der Waals surface area contributed by atoms with Gasteiger partial charge >= 0.3 is 0 Å². The number of nitrogen functional groups attached to an aromatic ring is 1. The number of nitrogens with two attached hydrogens (primary N) is 1. The Balaban J connectivity index is 1.93. The molecule has 0 aliphatic rings. The molecule has 4 aromatic rings. The molecular weight excluding hydrogens is 354 g/mol. The quantitative estimate of drug-likeness (QED) is 0.515. The number of hydrogen-bond acceptors (Lipinski definition) is 7. The van der Waals surface area contributed by atoms with E-state index in [4.69, 9.17) is 10.5 Å². The molecule has 8 heteroatoms. The van der Waals surface area contributed by atoms with Gasteiger partial charge in [-0.15, -0.1) is 10.2 Å². The maximum atomic E-state index is 9.80. The predicted octanol–water partition coefficient (Wildman–Crippen LogP) is 3.44. The standard InChI is InChI=1S/C20H19N7O/c1-3-16-14(10-21)20(24-12-5-6-27-11-23-26-19(27)7-12)13-8-15(22)18(28-4-2)9-17(13)25-16/h5-9,11H,3-4,22H2,1-2H3,(H,24,25). The molecule has 0 amide bonds. The lowest BCUT2D eigenvalue weighted by Crippen LogP contribution is -2.04. The molecule has 0 bridgehead atoms. The Hall–Kier alpha value is -3.86. The summed E-state index contributed by atoms with van der Waals surface area (Å²) in [4.78, 5) is 4.67. The Morgan fingerprint density at radius 1 is 1.29 bits per heavy atom. The van der Waals surface area contributed by atoms with Gasteiger partial charge in [0.25, 0.3) is 0 Å². The first kappa shape index (κ1) is 17.5. The zero-order chi connectivity index (χ0) is 19.7. The van der Waals surface area contributed by atoms with Gasteiger partial charge in [0.15, 0.2) is 5.65 Å². The van der Waals surface area contributed by atoms with Gasteiger partial charge in [0.1, 0.15) is 18.1 Å². The Morgan fingerprint density at radius 3 is 2.89 bits per heavy atom. The lowest BCUT2D eigenvalue weighted by Gasteiger charge is -2.16. The van der Waals surface area contributed by atoms with Crippen molar-refractivity contribution < 1.29 is 4.74 Å². The van der Waals surface area contributed by atoms with Gasteiger partial charge in [-0.05, 0) is 25.5 Å². The summed E-state index contributed by atoms with van der Waals surface area (Å²) in [6, 6.07) is 9.67. The number of rotatable bonds is 5. The van der Waals surface area contributed by atoms with Gasteiger partial charge in [0.05, 0.1) is 34.8 Å². The van der Waals surface area contributed by atoms with Crippen LogP contribution in [-0.2, 0) is 6.42 Å². The van der Waals surface area contributed by atoms with Crippen LogP contribution in [0.15, 0.2) is 36.8 Å². The van der Waals surface area contributed by atoms with Crippen molar-refractivity contribution in [1.29, 1.82) is 5.26 Å². The lowest BCUT2D eigenvalue weighted by atomic mass is 10.0. The van der Waals surface area contributed by atoms with Crippen molar-refractivity contribution in [2.75, 3.05) is 17.7 Å². The number of anilines is 3. The van der Waals surface area contributed by atoms with Crippen molar-refractivity contribution in [3.63, 3.8) is 0 Å². The van der Waals surface area contributed by atoms with E-state index in [1.165, 1.54) is 0 Å². The number of hydrogen-bond donors (Lipinski definition) is 2. The third-order valence-corrected chi connectivity index (χ3v) is 4.51. The summed E-state index contributed by atoms with van der Waals surface area (Å²) in [6.07, 6.45) is 4.12. The average molecular weight is 373 g/mol. The van der Waals surface area contributed by atoms with Crippen LogP contribution in [0.5, 0.6) is 5.75 Å². The maximum absolute atomic E-state index is 9.80. The lowest BCUT2D eigenvalue weighted by molar-refractivity contribution is 0.342. The van der Waals surface area contributed by atoms with Crippen molar-refractivity contribution in [1.82, 2.24) is 19.6 Å². The molecule has 0 unspecified atom stereocenters. The van der Waals surface area contributed by atoms with Crippen molar-refractivity contribution in [3.05, 3.63) is 48.0 Å². The summed E-state index contributed by atoms with van der Waals surface area (Å²) in [5.41, 5.74) is 10.8. The minimum atomic E-state index is 0.500. The van der Waals surface area contributed by atoms with Gasteiger partial charge in [0.2, 0.25) is 0 Å². The minimum absolute atomic E-state index is 0.500. The number of fused-ring (bicyclic) bond motifs is 2. The normalized spacial score (nSPS) is 10.9. The molecule has 0 aliphatic carbocycles. The van der Waals surface area contributed by atoms with E-state index in [1.807, 2.05) is 42.6 Å². The summed E-state index contributed by atoms with van der Waals surface area (Å²) in [7, 11) is 0. The van der Waals surface area contributed by atoms with E-state index in [2.05, 4.69) is 26.6 Å². The molecule has 0 saturated heterocycles. The minimum Gasteiger partial charge on any atom is -0.492 e. The number of aryl methyl sites for hydroxylation is 1. The molecule has 1 aromatic carbocycles. The first-order valence-electron chi connectivity index (χ1n) is 9.00. The Kier molecular flexibility index (Phi) is 4.41.